The van der Waals surface area contributed by atoms with E-state index in [1.54, 1.807) is 17.5 Å². The number of carbonyl (C=O) groups excluding carboxylic acids is 1. The lowest BCUT2D eigenvalue weighted by Crippen LogP contribution is -2.24. The number of aromatic hydroxyl groups is 1. The molecule has 10 heteroatoms. The second-order valence-electron chi connectivity index (χ2n) is 6.42. The summed E-state index contributed by atoms with van der Waals surface area (Å²) >= 11 is 1.18. The molecule has 0 radical (unpaired) electrons. The van der Waals surface area contributed by atoms with E-state index in [0.717, 1.165) is 17.7 Å². The van der Waals surface area contributed by atoms with E-state index < -0.39 is 27.0 Å². The Morgan fingerprint density at radius 3 is 2.52 bits per heavy atom. The molecular weight excluding hydrogens is 417 g/mol. The van der Waals surface area contributed by atoms with Crippen molar-refractivity contribution >= 4 is 38.1 Å². The number of phenols is 1. The SMILES string of the molecule is CC(C)S(=O)(=O)Nc1cc(F)ccc1C(=O)Nc1nc(-c2ccc(O)cc2)cs1. The third-order valence-electron chi connectivity index (χ3n) is 3.99. The van der Waals surface area contributed by atoms with E-state index >= 15 is 0 Å². The van der Waals surface area contributed by atoms with Gasteiger partial charge in [0.05, 0.1) is 22.2 Å². The Morgan fingerprint density at radius 1 is 1.17 bits per heavy atom. The molecule has 1 aromatic heterocycles. The van der Waals surface area contributed by atoms with E-state index in [1.807, 2.05) is 0 Å². The van der Waals surface area contributed by atoms with Crippen molar-refractivity contribution in [2.24, 2.45) is 0 Å². The fourth-order valence-corrected chi connectivity index (χ4v) is 3.76. The van der Waals surface area contributed by atoms with E-state index in [-0.39, 0.29) is 17.0 Å². The largest absolute Gasteiger partial charge is 0.508 e. The number of phenolic OH excluding ortho intramolecular Hbond substituents is 1. The summed E-state index contributed by atoms with van der Waals surface area (Å²) in [5.41, 5.74) is 1.18. The van der Waals surface area contributed by atoms with E-state index in [4.69, 9.17) is 0 Å². The van der Waals surface area contributed by atoms with Crippen LogP contribution in [0.1, 0.15) is 24.2 Å². The van der Waals surface area contributed by atoms with Crippen molar-refractivity contribution in [3.05, 3.63) is 59.2 Å². The van der Waals surface area contributed by atoms with Crippen LogP contribution in [-0.2, 0) is 10.0 Å². The molecule has 0 aliphatic carbocycles. The van der Waals surface area contributed by atoms with Crippen LogP contribution in [0.25, 0.3) is 11.3 Å². The first-order valence-corrected chi connectivity index (χ1v) is 11.0. The molecule has 152 valence electrons. The number of hydrogen-bond donors (Lipinski definition) is 3. The van der Waals surface area contributed by atoms with Crippen LogP contribution in [0.15, 0.2) is 47.8 Å². The summed E-state index contributed by atoms with van der Waals surface area (Å²) in [6.45, 7) is 2.95. The smallest absolute Gasteiger partial charge is 0.259 e. The standard InChI is InChI=1S/C19H18FN3O4S2/c1-11(2)29(26,27)23-16-9-13(20)5-8-15(16)18(25)22-19-21-17(10-28-19)12-3-6-14(24)7-4-12/h3-11,23-24H,1-2H3,(H,21,22,25). The second kappa shape index (κ2) is 8.18. The average molecular weight is 436 g/mol. The first-order chi connectivity index (χ1) is 13.7. The Labute approximate surface area is 171 Å². The van der Waals surface area contributed by atoms with Crippen LogP contribution in [0, 0.1) is 5.82 Å². The molecule has 3 aromatic rings. The number of aromatic nitrogens is 1. The van der Waals surface area contributed by atoms with Crippen molar-refractivity contribution in [2.45, 2.75) is 19.1 Å². The van der Waals surface area contributed by atoms with Crippen molar-refractivity contribution < 1.29 is 22.7 Å². The Bertz CT molecular complexity index is 1140. The Hall–Kier alpha value is -2.98. The molecule has 29 heavy (non-hydrogen) atoms. The van der Waals surface area contributed by atoms with Crippen LogP contribution >= 0.6 is 11.3 Å². The Kier molecular flexibility index (Phi) is 5.85. The molecular formula is C19H18FN3O4S2. The lowest BCUT2D eigenvalue weighted by atomic mass is 10.1. The monoisotopic (exact) mass is 435 g/mol. The maximum Gasteiger partial charge on any atom is 0.259 e. The molecule has 0 aliphatic rings. The maximum absolute atomic E-state index is 13.6. The number of carbonyl (C=O) groups is 1. The summed E-state index contributed by atoms with van der Waals surface area (Å²) in [5.74, 6) is -1.17. The minimum Gasteiger partial charge on any atom is -0.508 e. The van der Waals surface area contributed by atoms with Gasteiger partial charge in [0.15, 0.2) is 5.13 Å². The number of amides is 1. The minimum atomic E-state index is -3.76. The lowest BCUT2D eigenvalue weighted by Gasteiger charge is -2.14. The quantitative estimate of drug-likeness (QED) is 0.541. The summed E-state index contributed by atoms with van der Waals surface area (Å²) in [6.07, 6.45) is 0. The first kappa shape index (κ1) is 20.7. The number of benzene rings is 2. The fourth-order valence-electron chi connectivity index (χ4n) is 2.33. The van der Waals surface area contributed by atoms with Crippen molar-refractivity contribution in [2.75, 3.05) is 10.0 Å². The van der Waals surface area contributed by atoms with E-state index in [1.165, 1.54) is 43.4 Å². The highest BCUT2D eigenvalue weighted by Crippen LogP contribution is 2.27. The number of rotatable bonds is 6. The minimum absolute atomic E-state index is 0.0305. The zero-order valence-electron chi connectivity index (χ0n) is 15.5. The molecule has 0 saturated heterocycles. The summed E-state index contributed by atoms with van der Waals surface area (Å²) in [6, 6.07) is 9.67. The van der Waals surface area contributed by atoms with Gasteiger partial charge in [-0.1, -0.05) is 0 Å². The van der Waals surface area contributed by atoms with Crippen LogP contribution in [-0.4, -0.2) is 29.7 Å². The van der Waals surface area contributed by atoms with Gasteiger partial charge in [-0.3, -0.25) is 14.8 Å². The van der Waals surface area contributed by atoms with Crippen molar-refractivity contribution in [3.8, 4) is 17.0 Å². The molecule has 1 heterocycles. The number of nitrogens with one attached hydrogen (secondary N) is 2. The molecule has 0 unspecified atom stereocenters. The predicted octanol–water partition coefficient (Wildman–Crippen LogP) is 4.06. The van der Waals surface area contributed by atoms with Crippen molar-refractivity contribution in [1.29, 1.82) is 0 Å². The first-order valence-electron chi connectivity index (χ1n) is 8.53. The van der Waals surface area contributed by atoms with E-state index in [2.05, 4.69) is 15.0 Å². The van der Waals surface area contributed by atoms with E-state index in [0.29, 0.717) is 10.8 Å². The molecule has 0 fully saturated rings. The Morgan fingerprint density at radius 2 is 1.86 bits per heavy atom. The third-order valence-corrected chi connectivity index (χ3v) is 6.49. The molecule has 0 spiro atoms. The van der Waals surface area contributed by atoms with Gasteiger partial charge in [-0.05, 0) is 56.3 Å². The number of halogens is 1. The van der Waals surface area contributed by atoms with E-state index in [9.17, 15) is 22.7 Å². The third kappa shape index (κ3) is 4.90. The summed E-state index contributed by atoms with van der Waals surface area (Å²) in [4.78, 5) is 17.0. The number of hydrogen-bond acceptors (Lipinski definition) is 6. The molecule has 3 N–H and O–H groups in total. The van der Waals surface area contributed by atoms with Gasteiger partial charge in [0.1, 0.15) is 11.6 Å². The highest BCUT2D eigenvalue weighted by atomic mass is 32.2. The molecule has 1 amide bonds. The summed E-state index contributed by atoms with van der Waals surface area (Å²) in [5, 5.41) is 13.2. The van der Waals surface area contributed by atoms with Crippen LogP contribution in [0.3, 0.4) is 0 Å². The average Bonchev–Trinajstić information content (AvgIpc) is 3.10. The van der Waals surface area contributed by atoms with Crippen LogP contribution in [0.2, 0.25) is 0 Å². The highest BCUT2D eigenvalue weighted by Gasteiger charge is 2.21. The number of nitrogens with zero attached hydrogens (tertiary/aromatic N) is 1. The van der Waals surface area contributed by atoms with Crippen LogP contribution < -0.4 is 10.0 Å². The van der Waals surface area contributed by atoms with Crippen molar-refractivity contribution in [3.63, 3.8) is 0 Å². The summed E-state index contributed by atoms with van der Waals surface area (Å²) < 4.78 is 40.2. The molecule has 0 saturated carbocycles. The van der Waals surface area contributed by atoms with Gasteiger partial charge in [-0.2, -0.15) is 0 Å². The van der Waals surface area contributed by atoms with Gasteiger partial charge >= 0.3 is 0 Å². The molecule has 0 aliphatic heterocycles. The van der Waals surface area contributed by atoms with Crippen LogP contribution in [0.5, 0.6) is 5.75 Å². The molecule has 7 nitrogen and oxygen atoms in total. The molecule has 3 rings (SSSR count). The topological polar surface area (TPSA) is 108 Å². The Balaban J connectivity index is 1.84. The molecule has 0 atom stereocenters. The maximum atomic E-state index is 13.6. The van der Waals surface area contributed by atoms with Crippen LogP contribution in [0.4, 0.5) is 15.2 Å². The van der Waals surface area contributed by atoms with Gasteiger partial charge in [-0.25, -0.2) is 17.8 Å². The predicted molar refractivity (Wildman–Crippen MR) is 111 cm³/mol. The number of anilines is 2. The van der Waals surface area contributed by atoms with Crippen molar-refractivity contribution in [1.82, 2.24) is 4.98 Å². The van der Waals surface area contributed by atoms with Gasteiger partial charge in [0.2, 0.25) is 10.0 Å². The number of sulfonamides is 1. The van der Waals surface area contributed by atoms with Gasteiger partial charge in [0.25, 0.3) is 5.91 Å². The summed E-state index contributed by atoms with van der Waals surface area (Å²) in [7, 11) is -3.76. The lowest BCUT2D eigenvalue weighted by molar-refractivity contribution is 0.102. The van der Waals surface area contributed by atoms with Gasteiger partial charge in [-0.15, -0.1) is 11.3 Å². The fraction of sp³-hybridized carbons (Fsp3) is 0.158. The normalized spacial score (nSPS) is 11.4. The molecule has 2 aromatic carbocycles. The second-order valence-corrected chi connectivity index (χ2v) is 9.52. The molecule has 0 bridgehead atoms. The van der Waals surface area contributed by atoms with Gasteiger partial charge in [0, 0.05) is 10.9 Å². The van der Waals surface area contributed by atoms with Gasteiger partial charge < -0.3 is 5.11 Å². The zero-order valence-corrected chi connectivity index (χ0v) is 17.1. The zero-order chi connectivity index (χ0) is 21.2. The highest BCUT2D eigenvalue weighted by molar-refractivity contribution is 7.93. The number of thiazole rings is 1.